The van der Waals surface area contributed by atoms with Crippen molar-refractivity contribution in [2.75, 3.05) is 24.5 Å². The zero-order chi connectivity index (χ0) is 15.8. The van der Waals surface area contributed by atoms with Crippen molar-refractivity contribution >= 4 is 11.7 Å². The number of amides is 1. The van der Waals surface area contributed by atoms with Crippen LogP contribution in [0, 0.1) is 0 Å². The van der Waals surface area contributed by atoms with Crippen LogP contribution in [0.15, 0.2) is 18.3 Å². The number of piperazine rings is 1. The Morgan fingerprint density at radius 3 is 2.24 bits per heavy atom. The molecule has 1 aromatic rings. The number of hydrogen-bond acceptors (Lipinski definition) is 4. The van der Waals surface area contributed by atoms with Gasteiger partial charge in [-0.2, -0.15) is 0 Å². The third-order valence-corrected chi connectivity index (χ3v) is 3.81. The van der Waals surface area contributed by atoms with Gasteiger partial charge in [-0.25, -0.2) is 4.98 Å². The van der Waals surface area contributed by atoms with Gasteiger partial charge in [0.05, 0.1) is 12.1 Å². The van der Waals surface area contributed by atoms with Gasteiger partial charge in [-0.3, -0.25) is 4.79 Å². The average molecular weight is 291 g/mol. The lowest BCUT2D eigenvalue weighted by atomic mass is 10.0. The molecule has 0 bridgehead atoms. The Kier molecular flexibility index (Phi) is 3.97. The summed E-state index contributed by atoms with van der Waals surface area (Å²) < 4.78 is 0. The number of carbonyl (C=O) groups is 1. The summed E-state index contributed by atoms with van der Waals surface area (Å²) in [4.78, 5) is 20.5. The van der Waals surface area contributed by atoms with Crippen molar-refractivity contribution in [1.82, 2.24) is 9.88 Å². The highest BCUT2D eigenvalue weighted by molar-refractivity contribution is 5.83. The van der Waals surface area contributed by atoms with Gasteiger partial charge in [0.1, 0.15) is 5.82 Å². The van der Waals surface area contributed by atoms with E-state index in [2.05, 4.69) is 25.8 Å². The van der Waals surface area contributed by atoms with E-state index in [-0.39, 0.29) is 11.4 Å². The van der Waals surface area contributed by atoms with E-state index >= 15 is 0 Å². The highest BCUT2D eigenvalue weighted by Crippen LogP contribution is 2.23. The fraction of sp³-hybridized carbons (Fsp3) is 0.625. The molecule has 21 heavy (non-hydrogen) atoms. The Labute approximate surface area is 126 Å². The Bertz CT molecular complexity index is 512. The topological polar surface area (TPSA) is 56.7 Å². The van der Waals surface area contributed by atoms with Crippen LogP contribution in [0.4, 0.5) is 5.82 Å². The number of aromatic nitrogens is 1. The third kappa shape index (κ3) is 3.53. The maximum atomic E-state index is 12.3. The molecule has 5 nitrogen and oxygen atoms in total. The van der Waals surface area contributed by atoms with Crippen molar-refractivity contribution in [1.29, 1.82) is 0 Å². The number of rotatable bonds is 2. The molecular weight excluding hydrogens is 266 g/mol. The minimum Gasteiger partial charge on any atom is -0.386 e. The van der Waals surface area contributed by atoms with Gasteiger partial charge in [-0.1, -0.05) is 6.07 Å². The van der Waals surface area contributed by atoms with E-state index in [4.69, 9.17) is 0 Å². The van der Waals surface area contributed by atoms with Crippen LogP contribution in [0.2, 0.25) is 0 Å². The first-order valence-electron chi connectivity index (χ1n) is 7.33. The fourth-order valence-corrected chi connectivity index (χ4v) is 2.51. The van der Waals surface area contributed by atoms with Gasteiger partial charge in [0.2, 0.25) is 5.91 Å². The van der Waals surface area contributed by atoms with Gasteiger partial charge in [-0.05, 0) is 40.7 Å². The van der Waals surface area contributed by atoms with Crippen molar-refractivity contribution in [3.8, 4) is 0 Å². The van der Waals surface area contributed by atoms with Gasteiger partial charge in [0.15, 0.2) is 0 Å². The van der Waals surface area contributed by atoms with Crippen LogP contribution < -0.4 is 4.90 Å². The summed E-state index contributed by atoms with van der Waals surface area (Å²) in [5, 5.41) is 9.94. The van der Waals surface area contributed by atoms with Crippen LogP contribution in [0.3, 0.4) is 0 Å². The molecule has 1 saturated heterocycles. The molecule has 0 spiro atoms. The summed E-state index contributed by atoms with van der Waals surface area (Å²) in [7, 11) is 0. The predicted octanol–water partition coefficient (Wildman–Crippen LogP) is 1.76. The highest BCUT2D eigenvalue weighted by atomic mass is 16.3. The molecule has 0 atom stereocenters. The standard InChI is InChI=1S/C16H25N3O2/c1-15(2,3)19-9-8-18(11-14(19)20)13-7-6-12(10-17-13)16(4,5)21/h6-7,10,21H,8-9,11H2,1-5H3. The van der Waals surface area contributed by atoms with Gasteiger partial charge >= 0.3 is 0 Å². The van der Waals surface area contributed by atoms with Gasteiger partial charge in [0.25, 0.3) is 0 Å². The van der Waals surface area contributed by atoms with Crippen molar-refractivity contribution < 1.29 is 9.90 Å². The van der Waals surface area contributed by atoms with Gasteiger partial charge in [0, 0.05) is 30.4 Å². The number of anilines is 1. The largest absolute Gasteiger partial charge is 0.386 e. The van der Waals surface area contributed by atoms with Crippen LogP contribution in [-0.2, 0) is 10.4 Å². The second kappa shape index (κ2) is 5.30. The van der Waals surface area contributed by atoms with E-state index in [1.54, 1.807) is 20.0 Å². The first-order valence-corrected chi connectivity index (χ1v) is 7.33. The molecule has 0 aliphatic carbocycles. The predicted molar refractivity (Wildman–Crippen MR) is 83.2 cm³/mol. The van der Waals surface area contributed by atoms with E-state index in [1.807, 2.05) is 21.9 Å². The van der Waals surface area contributed by atoms with Crippen molar-refractivity contribution in [2.45, 2.75) is 45.8 Å². The molecule has 1 aromatic heterocycles. The summed E-state index contributed by atoms with van der Waals surface area (Å²) in [5.74, 6) is 0.909. The summed E-state index contributed by atoms with van der Waals surface area (Å²) >= 11 is 0. The van der Waals surface area contributed by atoms with E-state index in [1.165, 1.54) is 0 Å². The number of hydrogen-bond donors (Lipinski definition) is 1. The molecule has 0 saturated carbocycles. The zero-order valence-electron chi connectivity index (χ0n) is 13.6. The Morgan fingerprint density at radius 1 is 1.14 bits per heavy atom. The number of nitrogens with zero attached hydrogens (tertiary/aromatic N) is 3. The third-order valence-electron chi connectivity index (χ3n) is 3.81. The monoisotopic (exact) mass is 291 g/mol. The Morgan fingerprint density at radius 2 is 1.81 bits per heavy atom. The molecule has 0 radical (unpaired) electrons. The minimum atomic E-state index is -0.897. The lowest BCUT2D eigenvalue weighted by Gasteiger charge is -2.42. The van der Waals surface area contributed by atoms with E-state index in [0.29, 0.717) is 13.1 Å². The maximum Gasteiger partial charge on any atom is 0.242 e. The Hall–Kier alpha value is -1.62. The van der Waals surface area contributed by atoms with Crippen molar-refractivity contribution in [3.63, 3.8) is 0 Å². The quantitative estimate of drug-likeness (QED) is 0.902. The second-order valence-electron chi connectivity index (χ2n) is 7.10. The molecule has 1 amide bonds. The zero-order valence-corrected chi connectivity index (χ0v) is 13.6. The van der Waals surface area contributed by atoms with E-state index < -0.39 is 5.60 Å². The average Bonchev–Trinajstić information content (AvgIpc) is 2.36. The molecule has 1 aliphatic rings. The van der Waals surface area contributed by atoms with Crippen LogP contribution in [-0.4, -0.2) is 46.1 Å². The lowest BCUT2D eigenvalue weighted by molar-refractivity contribution is -0.135. The van der Waals surface area contributed by atoms with Crippen molar-refractivity contribution in [3.05, 3.63) is 23.9 Å². The van der Waals surface area contributed by atoms with Gasteiger partial charge < -0.3 is 14.9 Å². The lowest BCUT2D eigenvalue weighted by Crippen LogP contribution is -2.57. The highest BCUT2D eigenvalue weighted by Gasteiger charge is 2.32. The van der Waals surface area contributed by atoms with Crippen LogP contribution >= 0.6 is 0 Å². The Balaban J connectivity index is 2.10. The first-order chi connectivity index (χ1) is 9.59. The molecule has 5 heteroatoms. The number of pyridine rings is 1. The summed E-state index contributed by atoms with van der Waals surface area (Å²) in [5.41, 5.74) is -0.265. The second-order valence-corrected chi connectivity index (χ2v) is 7.10. The molecule has 1 fully saturated rings. The first kappa shape index (κ1) is 15.8. The summed E-state index contributed by atoms with van der Waals surface area (Å²) in [6.45, 7) is 11.5. The smallest absolute Gasteiger partial charge is 0.242 e. The molecule has 0 aromatic carbocycles. The SMILES string of the molecule is CC(C)(O)c1ccc(N2CCN(C(C)(C)C)C(=O)C2)nc1. The molecule has 2 rings (SSSR count). The molecule has 2 heterocycles. The van der Waals surface area contributed by atoms with Crippen molar-refractivity contribution in [2.24, 2.45) is 0 Å². The number of aliphatic hydroxyl groups is 1. The maximum absolute atomic E-state index is 12.3. The summed E-state index contributed by atoms with van der Waals surface area (Å²) in [6.07, 6.45) is 1.68. The molecule has 116 valence electrons. The molecular formula is C16H25N3O2. The minimum absolute atomic E-state index is 0.127. The fourth-order valence-electron chi connectivity index (χ4n) is 2.51. The van der Waals surface area contributed by atoms with E-state index in [9.17, 15) is 9.90 Å². The van der Waals surface area contributed by atoms with Gasteiger partial charge in [-0.15, -0.1) is 0 Å². The van der Waals surface area contributed by atoms with E-state index in [0.717, 1.165) is 17.9 Å². The normalized spacial score (nSPS) is 17.3. The van der Waals surface area contributed by atoms with Crippen LogP contribution in [0.1, 0.15) is 40.2 Å². The molecule has 1 aliphatic heterocycles. The molecule has 0 unspecified atom stereocenters. The summed E-state index contributed by atoms with van der Waals surface area (Å²) in [6, 6.07) is 3.73. The molecule has 1 N–H and O–H groups in total. The number of carbonyl (C=O) groups excluding carboxylic acids is 1. The van der Waals surface area contributed by atoms with Crippen LogP contribution in [0.25, 0.3) is 0 Å². The van der Waals surface area contributed by atoms with Crippen LogP contribution in [0.5, 0.6) is 0 Å².